The molecule has 0 aliphatic carbocycles. The Labute approximate surface area is 105 Å². The van der Waals surface area contributed by atoms with Crippen LogP contribution in [0.4, 0.5) is 5.69 Å². The van der Waals surface area contributed by atoms with Crippen LogP contribution in [0.2, 0.25) is 5.15 Å². The zero-order valence-corrected chi connectivity index (χ0v) is 10.0. The summed E-state index contributed by atoms with van der Waals surface area (Å²) in [7, 11) is 0. The average molecular weight is 256 g/mol. The molecular formula is C11H14ClN3O2. The monoisotopic (exact) mass is 255 g/mol. The van der Waals surface area contributed by atoms with E-state index in [2.05, 4.69) is 15.6 Å². The molecule has 1 aromatic heterocycles. The third-order valence-corrected chi connectivity index (χ3v) is 2.66. The maximum atomic E-state index is 11.7. The number of carbonyl (C=O) groups is 1. The minimum atomic E-state index is -0.0582. The summed E-state index contributed by atoms with van der Waals surface area (Å²) in [5.74, 6) is -0.0582. The van der Waals surface area contributed by atoms with Gasteiger partial charge in [0.05, 0.1) is 25.1 Å². The Morgan fingerprint density at radius 2 is 2.53 bits per heavy atom. The van der Waals surface area contributed by atoms with Gasteiger partial charge in [-0.25, -0.2) is 4.98 Å². The van der Waals surface area contributed by atoms with Gasteiger partial charge in [-0.3, -0.25) is 4.79 Å². The molecule has 0 spiro atoms. The molecule has 1 aliphatic rings. The Morgan fingerprint density at radius 3 is 3.18 bits per heavy atom. The number of amides is 1. The highest BCUT2D eigenvalue weighted by Gasteiger charge is 2.16. The second-order valence-electron chi connectivity index (χ2n) is 3.85. The molecule has 0 saturated carbocycles. The standard InChI is InChI=1S/C11H14ClN3O2/c12-10-2-1-8(6-14-10)15-11(16)5-9-7-17-4-3-13-9/h1-2,6,9,13H,3-5,7H2,(H,15,16). The van der Waals surface area contributed by atoms with E-state index in [0.717, 1.165) is 6.54 Å². The number of ether oxygens (including phenoxy) is 1. The number of hydrogen-bond donors (Lipinski definition) is 2. The highest BCUT2D eigenvalue weighted by molar-refractivity contribution is 6.29. The van der Waals surface area contributed by atoms with Crippen LogP contribution < -0.4 is 10.6 Å². The second-order valence-corrected chi connectivity index (χ2v) is 4.24. The molecule has 1 unspecified atom stereocenters. The molecule has 17 heavy (non-hydrogen) atoms. The number of aromatic nitrogens is 1. The molecule has 2 rings (SSSR count). The van der Waals surface area contributed by atoms with E-state index in [0.29, 0.717) is 30.5 Å². The van der Waals surface area contributed by atoms with Crippen LogP contribution in [0, 0.1) is 0 Å². The Balaban J connectivity index is 1.82. The fourth-order valence-corrected chi connectivity index (χ4v) is 1.75. The van der Waals surface area contributed by atoms with Crippen LogP contribution in [-0.4, -0.2) is 36.7 Å². The fourth-order valence-electron chi connectivity index (χ4n) is 1.64. The molecule has 2 N–H and O–H groups in total. The maximum absolute atomic E-state index is 11.7. The molecule has 6 heteroatoms. The molecule has 0 radical (unpaired) electrons. The van der Waals surface area contributed by atoms with E-state index in [1.165, 1.54) is 6.20 Å². The lowest BCUT2D eigenvalue weighted by molar-refractivity contribution is -0.117. The normalized spacial score (nSPS) is 19.9. The van der Waals surface area contributed by atoms with Crippen molar-refractivity contribution in [2.75, 3.05) is 25.1 Å². The van der Waals surface area contributed by atoms with Gasteiger partial charge in [0.25, 0.3) is 0 Å². The number of morpholine rings is 1. The quantitative estimate of drug-likeness (QED) is 0.793. The Bertz CT molecular complexity index is 377. The summed E-state index contributed by atoms with van der Waals surface area (Å²) >= 11 is 5.65. The number of carbonyl (C=O) groups excluding carboxylic acids is 1. The van der Waals surface area contributed by atoms with Gasteiger partial charge in [0, 0.05) is 19.0 Å². The van der Waals surface area contributed by atoms with Crippen molar-refractivity contribution in [1.29, 1.82) is 0 Å². The van der Waals surface area contributed by atoms with Crippen LogP contribution in [-0.2, 0) is 9.53 Å². The van der Waals surface area contributed by atoms with Gasteiger partial charge in [-0.05, 0) is 12.1 Å². The van der Waals surface area contributed by atoms with Crippen molar-refractivity contribution in [3.8, 4) is 0 Å². The van der Waals surface area contributed by atoms with Crippen LogP contribution in [0.5, 0.6) is 0 Å². The zero-order chi connectivity index (χ0) is 12.1. The van der Waals surface area contributed by atoms with Crippen molar-refractivity contribution in [2.45, 2.75) is 12.5 Å². The van der Waals surface area contributed by atoms with Gasteiger partial charge in [-0.15, -0.1) is 0 Å². The molecule has 1 aromatic rings. The summed E-state index contributed by atoms with van der Waals surface area (Å²) in [5, 5.41) is 6.39. The number of nitrogens with zero attached hydrogens (tertiary/aromatic N) is 1. The minimum absolute atomic E-state index is 0.0582. The molecule has 2 heterocycles. The number of halogens is 1. The van der Waals surface area contributed by atoms with Crippen molar-refractivity contribution in [2.24, 2.45) is 0 Å². The SMILES string of the molecule is O=C(CC1COCCN1)Nc1ccc(Cl)nc1. The number of hydrogen-bond acceptors (Lipinski definition) is 4. The van der Waals surface area contributed by atoms with E-state index in [1.54, 1.807) is 12.1 Å². The van der Waals surface area contributed by atoms with Crippen molar-refractivity contribution in [1.82, 2.24) is 10.3 Å². The lowest BCUT2D eigenvalue weighted by Gasteiger charge is -2.23. The summed E-state index contributed by atoms with van der Waals surface area (Å²) < 4.78 is 5.28. The fraction of sp³-hybridized carbons (Fsp3) is 0.455. The highest BCUT2D eigenvalue weighted by Crippen LogP contribution is 2.10. The molecule has 92 valence electrons. The van der Waals surface area contributed by atoms with Crippen LogP contribution in [0.3, 0.4) is 0 Å². The van der Waals surface area contributed by atoms with Crippen molar-refractivity contribution >= 4 is 23.2 Å². The second kappa shape index (κ2) is 5.95. The number of rotatable bonds is 3. The van der Waals surface area contributed by atoms with E-state index in [9.17, 15) is 4.79 Å². The lowest BCUT2D eigenvalue weighted by Crippen LogP contribution is -2.43. The topological polar surface area (TPSA) is 63.2 Å². The molecule has 1 aliphatic heterocycles. The van der Waals surface area contributed by atoms with E-state index in [-0.39, 0.29) is 11.9 Å². The smallest absolute Gasteiger partial charge is 0.226 e. The van der Waals surface area contributed by atoms with E-state index < -0.39 is 0 Å². The summed E-state index contributed by atoms with van der Waals surface area (Å²) in [6.45, 7) is 2.08. The molecule has 0 bridgehead atoms. The van der Waals surface area contributed by atoms with Crippen LogP contribution in [0.25, 0.3) is 0 Å². The molecule has 1 saturated heterocycles. The average Bonchev–Trinajstić information content (AvgIpc) is 2.33. The van der Waals surface area contributed by atoms with Gasteiger partial charge in [-0.1, -0.05) is 11.6 Å². The van der Waals surface area contributed by atoms with Crippen molar-refractivity contribution in [3.63, 3.8) is 0 Å². The number of anilines is 1. The van der Waals surface area contributed by atoms with Gasteiger partial charge >= 0.3 is 0 Å². The first-order valence-electron chi connectivity index (χ1n) is 5.46. The highest BCUT2D eigenvalue weighted by atomic mass is 35.5. The third-order valence-electron chi connectivity index (χ3n) is 2.44. The predicted octanol–water partition coefficient (Wildman–Crippen LogP) is 1.05. The Morgan fingerprint density at radius 1 is 1.65 bits per heavy atom. The summed E-state index contributed by atoms with van der Waals surface area (Å²) in [5.41, 5.74) is 0.649. The first-order chi connectivity index (χ1) is 8.24. The van der Waals surface area contributed by atoms with Crippen LogP contribution in [0.15, 0.2) is 18.3 Å². The molecule has 0 aromatic carbocycles. The largest absolute Gasteiger partial charge is 0.378 e. The summed E-state index contributed by atoms with van der Waals surface area (Å²) in [4.78, 5) is 15.6. The van der Waals surface area contributed by atoms with E-state index in [1.807, 2.05) is 0 Å². The van der Waals surface area contributed by atoms with Crippen molar-refractivity contribution in [3.05, 3.63) is 23.5 Å². The molecule has 5 nitrogen and oxygen atoms in total. The van der Waals surface area contributed by atoms with Crippen LogP contribution in [0.1, 0.15) is 6.42 Å². The van der Waals surface area contributed by atoms with Crippen molar-refractivity contribution < 1.29 is 9.53 Å². The van der Waals surface area contributed by atoms with E-state index >= 15 is 0 Å². The van der Waals surface area contributed by atoms with Gasteiger partial charge in [0.15, 0.2) is 0 Å². The van der Waals surface area contributed by atoms with Crippen LogP contribution >= 0.6 is 11.6 Å². The zero-order valence-electron chi connectivity index (χ0n) is 9.28. The maximum Gasteiger partial charge on any atom is 0.226 e. The summed E-state index contributed by atoms with van der Waals surface area (Å²) in [6, 6.07) is 3.45. The Hall–Kier alpha value is -1.17. The molecule has 1 amide bonds. The molecular weight excluding hydrogens is 242 g/mol. The minimum Gasteiger partial charge on any atom is -0.378 e. The van der Waals surface area contributed by atoms with E-state index in [4.69, 9.17) is 16.3 Å². The van der Waals surface area contributed by atoms with Gasteiger partial charge < -0.3 is 15.4 Å². The Kier molecular flexibility index (Phi) is 4.30. The first kappa shape index (κ1) is 12.3. The van der Waals surface area contributed by atoms with Gasteiger partial charge in [0.2, 0.25) is 5.91 Å². The number of nitrogens with one attached hydrogen (secondary N) is 2. The third kappa shape index (κ3) is 3.96. The molecule has 1 atom stereocenters. The summed E-state index contributed by atoms with van der Waals surface area (Å²) in [6.07, 6.45) is 1.92. The van der Waals surface area contributed by atoms with Gasteiger partial charge in [-0.2, -0.15) is 0 Å². The molecule has 1 fully saturated rings. The van der Waals surface area contributed by atoms with Gasteiger partial charge in [0.1, 0.15) is 5.15 Å². The lowest BCUT2D eigenvalue weighted by atomic mass is 10.2. The number of pyridine rings is 1. The first-order valence-corrected chi connectivity index (χ1v) is 5.84. The predicted molar refractivity (Wildman–Crippen MR) is 65.1 cm³/mol.